The highest BCUT2D eigenvalue weighted by atomic mass is 32.2. The lowest BCUT2D eigenvalue weighted by molar-refractivity contribution is 0.538. The van der Waals surface area contributed by atoms with Crippen LogP contribution >= 0.6 is 0 Å². The van der Waals surface area contributed by atoms with Crippen molar-refractivity contribution in [2.24, 2.45) is 4.40 Å². The summed E-state index contributed by atoms with van der Waals surface area (Å²) in [5.74, 6) is 0.874. The van der Waals surface area contributed by atoms with Crippen LogP contribution in [-0.4, -0.2) is 14.3 Å². The summed E-state index contributed by atoms with van der Waals surface area (Å²) >= 11 is 0. The molecule has 3 aromatic rings. The molecular formula is C23H23NO3S. The molecule has 0 unspecified atom stereocenters. The molecule has 3 aromatic carbocycles. The van der Waals surface area contributed by atoms with Gasteiger partial charge in [0, 0.05) is 5.56 Å². The second kappa shape index (κ2) is 8.40. The van der Waals surface area contributed by atoms with Gasteiger partial charge in [-0.2, -0.15) is 8.42 Å². The summed E-state index contributed by atoms with van der Waals surface area (Å²) in [4.78, 5) is 0.125. The van der Waals surface area contributed by atoms with Crippen molar-refractivity contribution >= 4 is 15.9 Å². The maximum atomic E-state index is 12.8. The molecule has 0 aliphatic heterocycles. The average molecular weight is 394 g/mol. The third-order valence-electron chi connectivity index (χ3n) is 4.26. The van der Waals surface area contributed by atoms with Gasteiger partial charge in [-0.05, 0) is 48.7 Å². The van der Waals surface area contributed by atoms with Gasteiger partial charge in [0.05, 0.1) is 4.90 Å². The van der Waals surface area contributed by atoms with Crippen molar-refractivity contribution in [1.82, 2.24) is 0 Å². The zero-order chi connectivity index (χ0) is 20.1. The number of hydrogen-bond acceptors (Lipinski definition) is 3. The second-order valence-corrected chi connectivity index (χ2v) is 8.45. The highest BCUT2D eigenvalue weighted by Gasteiger charge is 2.18. The Labute approximate surface area is 166 Å². The molecule has 3 rings (SSSR count). The molecule has 0 saturated heterocycles. The van der Waals surface area contributed by atoms with E-state index >= 15 is 0 Å². The standard InChI is InChI=1S/C23H23NO3S/c1-17(2)21-16-18(3)14-15-22(21)27-23(19-10-6-4-7-11-19)24-28(25,26)20-12-8-5-9-13-20/h4-17H,1-3H3. The first kappa shape index (κ1) is 19.8. The monoisotopic (exact) mass is 393 g/mol. The predicted octanol–water partition coefficient (Wildman–Crippen LogP) is 5.33. The maximum Gasteiger partial charge on any atom is 0.285 e. The minimum atomic E-state index is -3.91. The molecule has 5 heteroatoms. The first-order valence-electron chi connectivity index (χ1n) is 9.10. The number of ether oxygens (including phenoxy) is 1. The quantitative estimate of drug-likeness (QED) is 0.435. The zero-order valence-corrected chi connectivity index (χ0v) is 17.0. The zero-order valence-electron chi connectivity index (χ0n) is 16.2. The smallest absolute Gasteiger partial charge is 0.285 e. The largest absolute Gasteiger partial charge is 0.437 e. The highest BCUT2D eigenvalue weighted by Crippen LogP contribution is 2.28. The molecule has 28 heavy (non-hydrogen) atoms. The fourth-order valence-corrected chi connectivity index (χ4v) is 3.75. The molecule has 144 valence electrons. The van der Waals surface area contributed by atoms with Gasteiger partial charge >= 0.3 is 0 Å². The molecule has 0 aliphatic carbocycles. The van der Waals surface area contributed by atoms with Crippen molar-refractivity contribution < 1.29 is 13.2 Å². The van der Waals surface area contributed by atoms with Gasteiger partial charge < -0.3 is 4.74 Å². The lowest BCUT2D eigenvalue weighted by Crippen LogP contribution is -2.15. The Kier molecular flexibility index (Phi) is 5.95. The fraction of sp³-hybridized carbons (Fsp3) is 0.174. The lowest BCUT2D eigenvalue weighted by atomic mass is 10.00. The van der Waals surface area contributed by atoms with E-state index in [1.54, 1.807) is 30.3 Å². The first-order valence-corrected chi connectivity index (χ1v) is 10.5. The van der Waals surface area contributed by atoms with Crippen molar-refractivity contribution in [3.8, 4) is 5.75 Å². The Balaban J connectivity index is 2.10. The number of benzene rings is 3. The van der Waals surface area contributed by atoms with Crippen LogP contribution in [0.3, 0.4) is 0 Å². The lowest BCUT2D eigenvalue weighted by Gasteiger charge is -2.16. The van der Waals surface area contributed by atoms with Gasteiger partial charge in [-0.1, -0.05) is 67.9 Å². The van der Waals surface area contributed by atoms with Crippen LogP contribution in [0, 0.1) is 6.92 Å². The van der Waals surface area contributed by atoms with Crippen LogP contribution in [-0.2, 0) is 10.0 Å². The van der Waals surface area contributed by atoms with Crippen molar-refractivity contribution in [2.45, 2.75) is 31.6 Å². The molecular weight excluding hydrogens is 370 g/mol. The van der Waals surface area contributed by atoms with E-state index in [2.05, 4.69) is 18.2 Å². The summed E-state index contributed by atoms with van der Waals surface area (Å²) in [6.07, 6.45) is 0. The van der Waals surface area contributed by atoms with E-state index in [9.17, 15) is 8.42 Å². The average Bonchev–Trinajstić information content (AvgIpc) is 2.70. The van der Waals surface area contributed by atoms with Gasteiger partial charge in [-0.3, -0.25) is 0 Å². The van der Waals surface area contributed by atoms with Gasteiger partial charge in [0.2, 0.25) is 5.90 Å². The molecule has 0 fully saturated rings. The summed E-state index contributed by atoms with van der Waals surface area (Å²) in [6.45, 7) is 6.16. The Morgan fingerprint density at radius 3 is 2.11 bits per heavy atom. The van der Waals surface area contributed by atoms with E-state index in [0.717, 1.165) is 11.1 Å². The first-order chi connectivity index (χ1) is 13.4. The van der Waals surface area contributed by atoms with E-state index in [1.165, 1.54) is 12.1 Å². The highest BCUT2D eigenvalue weighted by molar-refractivity contribution is 7.90. The molecule has 0 aromatic heterocycles. The second-order valence-electron chi connectivity index (χ2n) is 6.85. The summed E-state index contributed by atoms with van der Waals surface area (Å²) < 4.78 is 35.7. The predicted molar refractivity (Wildman–Crippen MR) is 113 cm³/mol. The van der Waals surface area contributed by atoms with Gasteiger partial charge in [0.1, 0.15) is 5.75 Å². The van der Waals surface area contributed by atoms with E-state index in [4.69, 9.17) is 4.74 Å². The summed E-state index contributed by atoms with van der Waals surface area (Å²) in [5.41, 5.74) is 2.71. The van der Waals surface area contributed by atoms with Crippen molar-refractivity contribution in [2.75, 3.05) is 0 Å². The minimum absolute atomic E-state index is 0.0511. The summed E-state index contributed by atoms with van der Waals surface area (Å²) in [7, 11) is -3.91. The van der Waals surface area contributed by atoms with Crippen LogP contribution in [0.1, 0.15) is 36.5 Å². The maximum absolute atomic E-state index is 12.8. The Morgan fingerprint density at radius 1 is 0.893 bits per heavy atom. The number of aryl methyl sites for hydroxylation is 1. The van der Waals surface area contributed by atoms with E-state index < -0.39 is 10.0 Å². The van der Waals surface area contributed by atoms with Gasteiger partial charge in [0.25, 0.3) is 10.0 Å². The van der Waals surface area contributed by atoms with Crippen LogP contribution in [0.5, 0.6) is 5.75 Å². The normalized spacial score (nSPS) is 12.2. The molecule has 0 heterocycles. The van der Waals surface area contributed by atoms with Crippen molar-refractivity contribution in [1.29, 1.82) is 0 Å². The Bertz CT molecular complexity index is 1070. The SMILES string of the molecule is Cc1ccc(OC(=NS(=O)(=O)c2ccccc2)c2ccccc2)c(C(C)C)c1. The third-order valence-corrected chi connectivity index (χ3v) is 5.53. The van der Waals surface area contributed by atoms with Crippen LogP contribution in [0.15, 0.2) is 88.2 Å². The summed E-state index contributed by atoms with van der Waals surface area (Å²) in [6, 6.07) is 23.1. The molecule has 0 bridgehead atoms. The van der Waals surface area contributed by atoms with Crippen LogP contribution in [0.4, 0.5) is 0 Å². The molecule has 0 saturated carbocycles. The van der Waals surface area contributed by atoms with Crippen LogP contribution < -0.4 is 4.74 Å². The molecule has 0 spiro atoms. The summed E-state index contributed by atoms with van der Waals surface area (Å²) in [5, 5.41) is 0. The van der Waals surface area contributed by atoms with Crippen LogP contribution in [0.2, 0.25) is 0 Å². The van der Waals surface area contributed by atoms with Crippen molar-refractivity contribution in [3.05, 3.63) is 95.6 Å². The fourth-order valence-electron chi connectivity index (χ4n) is 2.78. The van der Waals surface area contributed by atoms with E-state index in [0.29, 0.717) is 11.3 Å². The molecule has 0 radical (unpaired) electrons. The number of rotatable bonds is 5. The number of sulfonamides is 1. The molecule has 0 atom stereocenters. The third kappa shape index (κ3) is 4.67. The van der Waals surface area contributed by atoms with E-state index in [-0.39, 0.29) is 16.7 Å². The molecule has 0 N–H and O–H groups in total. The Hall–Kier alpha value is -2.92. The molecule has 0 aliphatic rings. The number of nitrogens with zero attached hydrogens (tertiary/aromatic N) is 1. The Morgan fingerprint density at radius 2 is 1.50 bits per heavy atom. The van der Waals surface area contributed by atoms with Gasteiger partial charge in [0.15, 0.2) is 0 Å². The van der Waals surface area contributed by atoms with Gasteiger partial charge in [-0.15, -0.1) is 4.40 Å². The van der Waals surface area contributed by atoms with E-state index in [1.807, 2.05) is 43.3 Å². The van der Waals surface area contributed by atoms with Crippen LogP contribution in [0.25, 0.3) is 0 Å². The van der Waals surface area contributed by atoms with Gasteiger partial charge in [-0.25, -0.2) is 0 Å². The minimum Gasteiger partial charge on any atom is -0.437 e. The molecule has 0 amide bonds. The number of hydrogen-bond donors (Lipinski definition) is 0. The van der Waals surface area contributed by atoms with Crippen molar-refractivity contribution in [3.63, 3.8) is 0 Å². The topological polar surface area (TPSA) is 55.7 Å². The molecule has 4 nitrogen and oxygen atoms in total.